The van der Waals surface area contributed by atoms with E-state index in [0.717, 1.165) is 0 Å². The molecule has 0 bridgehead atoms. The normalized spacial score (nSPS) is 10.8. The van der Waals surface area contributed by atoms with Gasteiger partial charge in [0.1, 0.15) is 0 Å². The molecule has 0 saturated heterocycles. The second-order valence-electron chi connectivity index (χ2n) is 4.61. The number of nitrogens with one attached hydrogen (secondary N) is 2. The summed E-state index contributed by atoms with van der Waals surface area (Å²) in [7, 11) is -8.84. The number of carbonyl (C=O) groups is 2. The molecule has 0 aliphatic heterocycles. The molecular weight excluding hydrogens is 410 g/mol. The molecule has 0 radical (unpaired) electrons. The monoisotopic (exact) mass is 424 g/mol. The molecule has 0 fully saturated rings. The summed E-state index contributed by atoms with van der Waals surface area (Å²) in [5, 5.41) is 4.47. The van der Waals surface area contributed by atoms with E-state index >= 15 is 0 Å². The summed E-state index contributed by atoms with van der Waals surface area (Å²) in [5.74, 6) is -2.71. The van der Waals surface area contributed by atoms with Crippen LogP contribution in [-0.4, -0.2) is 62.4 Å². The molecule has 134 valence electrons. The van der Waals surface area contributed by atoms with Gasteiger partial charge in [-0.1, -0.05) is 0 Å². The molecule has 2 N–H and O–H groups in total. The second-order valence-corrected chi connectivity index (χ2v) is 7.66. The van der Waals surface area contributed by atoms with Crippen molar-refractivity contribution in [1.29, 1.82) is 0 Å². The van der Waals surface area contributed by atoms with E-state index < -0.39 is 43.6 Å². The van der Waals surface area contributed by atoms with Gasteiger partial charge in [0.25, 0.3) is 11.8 Å². The summed E-state index contributed by atoms with van der Waals surface area (Å²) in [6, 6.07) is 5.17. The Kier molecular flexibility index (Phi) is 13.5. The fourth-order valence-corrected chi connectivity index (χ4v) is 2.26. The van der Waals surface area contributed by atoms with Gasteiger partial charge < -0.3 is 19.7 Å². The van der Waals surface area contributed by atoms with E-state index in [1.54, 1.807) is 0 Å². The van der Waals surface area contributed by atoms with E-state index in [9.17, 15) is 35.5 Å². The van der Waals surface area contributed by atoms with Crippen molar-refractivity contribution in [1.82, 2.24) is 10.6 Å². The molecule has 0 saturated carbocycles. The van der Waals surface area contributed by atoms with Crippen molar-refractivity contribution in [3.05, 3.63) is 35.4 Å². The van der Waals surface area contributed by atoms with Crippen LogP contribution in [-0.2, 0) is 20.2 Å². The van der Waals surface area contributed by atoms with Crippen molar-refractivity contribution < 1.29 is 94.6 Å². The Morgan fingerprint density at radius 1 is 0.731 bits per heavy atom. The van der Waals surface area contributed by atoms with Gasteiger partial charge in [-0.05, 0) is 24.3 Å². The number of hydrogen-bond donors (Lipinski definition) is 2. The van der Waals surface area contributed by atoms with Crippen LogP contribution in [0.1, 0.15) is 20.7 Å². The maximum Gasteiger partial charge on any atom is 1.00 e. The van der Waals surface area contributed by atoms with Crippen molar-refractivity contribution in [3.8, 4) is 0 Å². The van der Waals surface area contributed by atoms with Crippen molar-refractivity contribution in [2.75, 3.05) is 24.6 Å². The molecule has 2 amide bonds. The van der Waals surface area contributed by atoms with Crippen LogP contribution in [0.25, 0.3) is 0 Å². The largest absolute Gasteiger partial charge is 1.00 e. The average molecular weight is 424 g/mol. The molecule has 26 heavy (non-hydrogen) atoms. The first-order valence-electron chi connectivity index (χ1n) is 6.51. The zero-order chi connectivity index (χ0) is 18.4. The number of hydrogen-bond acceptors (Lipinski definition) is 8. The third-order valence-electron chi connectivity index (χ3n) is 2.68. The van der Waals surface area contributed by atoms with E-state index in [1.807, 2.05) is 0 Å². The smallest absolute Gasteiger partial charge is 0.748 e. The fraction of sp³-hybridized carbons (Fsp3) is 0.333. The van der Waals surface area contributed by atoms with Crippen molar-refractivity contribution in [2.24, 2.45) is 0 Å². The number of amides is 2. The van der Waals surface area contributed by atoms with Gasteiger partial charge >= 0.3 is 59.1 Å². The van der Waals surface area contributed by atoms with Crippen LogP contribution in [0, 0.1) is 0 Å². The van der Waals surface area contributed by atoms with E-state index in [-0.39, 0.29) is 83.3 Å². The fourth-order valence-electron chi connectivity index (χ4n) is 1.56. The predicted molar refractivity (Wildman–Crippen MR) is 80.2 cm³/mol. The average Bonchev–Trinajstić information content (AvgIpc) is 2.44. The van der Waals surface area contributed by atoms with Gasteiger partial charge in [0.05, 0.1) is 31.7 Å². The molecular formula is C12H14N2Na2O8S2. The number of benzene rings is 1. The molecule has 14 heteroatoms. The number of carbonyl (C=O) groups excluding carboxylic acids is 2. The summed E-state index contributed by atoms with van der Waals surface area (Å²) in [5.41, 5.74) is 0.272. The van der Waals surface area contributed by atoms with Gasteiger partial charge in [-0.2, -0.15) is 0 Å². The van der Waals surface area contributed by atoms with E-state index in [2.05, 4.69) is 10.6 Å². The summed E-state index contributed by atoms with van der Waals surface area (Å²) in [4.78, 5) is 23.4. The second kappa shape index (κ2) is 12.4. The molecule has 1 rings (SSSR count). The molecule has 1 aromatic carbocycles. The molecule has 0 aliphatic rings. The Balaban J connectivity index is 0. The topological polar surface area (TPSA) is 173 Å². The van der Waals surface area contributed by atoms with Crippen LogP contribution in [0.2, 0.25) is 0 Å². The Morgan fingerprint density at radius 2 is 1.00 bits per heavy atom. The maximum atomic E-state index is 11.7. The number of rotatable bonds is 8. The molecule has 1 aromatic rings. The zero-order valence-electron chi connectivity index (χ0n) is 14.2. The SMILES string of the molecule is O=C(NCCS(=O)(=O)[O-])c1ccc(C(=O)NCCS(=O)(=O)[O-])cc1.[Na+].[Na+]. The van der Waals surface area contributed by atoms with Crippen molar-refractivity contribution in [2.45, 2.75) is 0 Å². The predicted octanol–water partition coefficient (Wildman–Crippen LogP) is -7.76. The summed E-state index contributed by atoms with van der Waals surface area (Å²) in [6.07, 6.45) is 0. The molecule has 0 heterocycles. The third-order valence-corrected chi connectivity index (χ3v) is 4.09. The molecule has 0 aliphatic carbocycles. The minimum absolute atomic E-state index is 0. The molecule has 0 spiro atoms. The summed E-state index contributed by atoms with van der Waals surface area (Å²) in [6.45, 7) is -0.673. The van der Waals surface area contributed by atoms with Crippen molar-refractivity contribution >= 4 is 32.1 Å². The summed E-state index contributed by atoms with van der Waals surface area (Å²) < 4.78 is 62.5. The standard InChI is InChI=1S/C12H16N2O8S2.2Na/c15-11(13-5-7-23(17,18)19)9-1-2-10(4-3-9)12(16)14-6-8-24(20,21)22;;/h1-4H,5-8H2,(H,13,15)(H,14,16)(H,17,18,19)(H,20,21,22);;/q;2*+1/p-2. The van der Waals surface area contributed by atoms with Gasteiger partial charge in [-0.15, -0.1) is 0 Å². The van der Waals surface area contributed by atoms with Crippen LogP contribution < -0.4 is 69.7 Å². The van der Waals surface area contributed by atoms with Gasteiger partial charge in [0.2, 0.25) is 0 Å². The first-order valence-corrected chi connectivity index (χ1v) is 9.67. The molecule has 0 unspecified atom stereocenters. The Bertz CT molecular complexity index is 741. The van der Waals surface area contributed by atoms with Gasteiger partial charge in [-0.3, -0.25) is 9.59 Å². The van der Waals surface area contributed by atoms with Crippen LogP contribution in [0.15, 0.2) is 24.3 Å². The first-order chi connectivity index (χ1) is 11.0. The minimum Gasteiger partial charge on any atom is -0.748 e. The zero-order valence-corrected chi connectivity index (χ0v) is 19.9. The van der Waals surface area contributed by atoms with Crippen LogP contribution in [0.3, 0.4) is 0 Å². The van der Waals surface area contributed by atoms with Crippen LogP contribution >= 0.6 is 0 Å². The summed E-state index contributed by atoms with van der Waals surface area (Å²) >= 11 is 0. The van der Waals surface area contributed by atoms with Crippen LogP contribution in [0.5, 0.6) is 0 Å². The van der Waals surface area contributed by atoms with E-state index in [4.69, 9.17) is 0 Å². The molecule has 0 atom stereocenters. The van der Waals surface area contributed by atoms with Gasteiger partial charge in [0.15, 0.2) is 0 Å². The third kappa shape index (κ3) is 12.4. The van der Waals surface area contributed by atoms with Crippen molar-refractivity contribution in [3.63, 3.8) is 0 Å². The van der Waals surface area contributed by atoms with Crippen LogP contribution in [0.4, 0.5) is 0 Å². The van der Waals surface area contributed by atoms with Gasteiger partial charge in [-0.25, -0.2) is 16.8 Å². The molecule has 10 nitrogen and oxygen atoms in total. The first kappa shape index (κ1) is 28.2. The Morgan fingerprint density at radius 3 is 1.23 bits per heavy atom. The van der Waals surface area contributed by atoms with E-state index in [1.165, 1.54) is 24.3 Å². The van der Waals surface area contributed by atoms with E-state index in [0.29, 0.717) is 0 Å². The maximum absolute atomic E-state index is 11.7. The Labute approximate surface area is 195 Å². The minimum atomic E-state index is -4.42. The Hall–Kier alpha value is -0.0200. The molecule has 0 aromatic heterocycles. The van der Waals surface area contributed by atoms with Gasteiger partial charge in [0, 0.05) is 24.2 Å². The quantitative estimate of drug-likeness (QED) is 0.306.